The Balaban J connectivity index is 1.66. The maximum Gasteiger partial charge on any atom is 0.162 e. The fourth-order valence-corrected chi connectivity index (χ4v) is 3.34. The average Bonchev–Trinajstić information content (AvgIpc) is 3.34. The van der Waals surface area contributed by atoms with Crippen molar-refractivity contribution in [1.82, 2.24) is 19.5 Å². The van der Waals surface area contributed by atoms with Gasteiger partial charge in [0.05, 0.1) is 18.2 Å². The molecular weight excluding hydrogens is 288 g/mol. The predicted octanol–water partition coefficient (Wildman–Crippen LogP) is 2.83. The van der Waals surface area contributed by atoms with Gasteiger partial charge in [0.1, 0.15) is 17.2 Å². The zero-order valence-electron chi connectivity index (χ0n) is 12.8. The highest BCUT2D eigenvalue weighted by atomic mass is 15.3. The van der Waals surface area contributed by atoms with Gasteiger partial charge in [-0.15, -0.1) is 0 Å². The zero-order valence-corrected chi connectivity index (χ0v) is 12.8. The molecule has 3 aromatic heterocycles. The van der Waals surface area contributed by atoms with Crippen LogP contribution in [-0.2, 0) is 6.42 Å². The standard InChI is InChI=1S/C17H18N6/c18-12-3-6-15(19-9-12)22-7-1-2-11-8-14-17(21-16(11)22)23(10-20-14)13-4-5-13/h3,6,8-10,13H,1-2,4-5,7,18H2. The summed E-state index contributed by atoms with van der Waals surface area (Å²) in [4.78, 5) is 16.2. The van der Waals surface area contributed by atoms with E-state index in [1.54, 1.807) is 6.20 Å². The van der Waals surface area contributed by atoms with E-state index in [9.17, 15) is 0 Å². The number of nitrogens with two attached hydrogens (primary N) is 1. The van der Waals surface area contributed by atoms with Gasteiger partial charge in [0.2, 0.25) is 0 Å². The molecule has 1 aliphatic carbocycles. The molecule has 0 atom stereocenters. The van der Waals surface area contributed by atoms with Crippen LogP contribution in [0.2, 0.25) is 0 Å². The molecule has 23 heavy (non-hydrogen) atoms. The van der Waals surface area contributed by atoms with Crippen LogP contribution in [0.25, 0.3) is 11.2 Å². The molecule has 0 amide bonds. The Kier molecular flexibility index (Phi) is 2.62. The minimum Gasteiger partial charge on any atom is -0.397 e. The van der Waals surface area contributed by atoms with Gasteiger partial charge in [0, 0.05) is 12.6 Å². The number of hydrogen-bond acceptors (Lipinski definition) is 5. The number of pyridine rings is 2. The van der Waals surface area contributed by atoms with Crippen molar-refractivity contribution in [1.29, 1.82) is 0 Å². The summed E-state index contributed by atoms with van der Waals surface area (Å²) in [6.07, 6.45) is 8.24. The van der Waals surface area contributed by atoms with Gasteiger partial charge in [-0.25, -0.2) is 15.0 Å². The highest BCUT2D eigenvalue weighted by Crippen LogP contribution is 2.38. The minimum absolute atomic E-state index is 0.581. The average molecular weight is 306 g/mol. The van der Waals surface area contributed by atoms with E-state index in [4.69, 9.17) is 10.7 Å². The SMILES string of the molecule is Nc1ccc(N2CCCc3cc4ncn(C5CC5)c4nc32)nc1. The second kappa shape index (κ2) is 4.68. The molecule has 2 aliphatic rings. The number of imidazole rings is 1. The van der Waals surface area contributed by atoms with Gasteiger partial charge in [0.25, 0.3) is 0 Å². The summed E-state index contributed by atoms with van der Waals surface area (Å²) in [6, 6.07) is 6.63. The van der Waals surface area contributed by atoms with Crippen LogP contribution in [0, 0.1) is 0 Å². The number of anilines is 3. The van der Waals surface area contributed by atoms with Gasteiger partial charge in [-0.05, 0) is 49.4 Å². The Morgan fingerprint density at radius 2 is 2.09 bits per heavy atom. The first-order valence-corrected chi connectivity index (χ1v) is 8.15. The van der Waals surface area contributed by atoms with E-state index in [1.165, 1.54) is 18.4 Å². The molecule has 6 heteroatoms. The number of aryl methyl sites for hydroxylation is 1. The van der Waals surface area contributed by atoms with Crippen molar-refractivity contribution in [2.45, 2.75) is 31.7 Å². The fraction of sp³-hybridized carbons (Fsp3) is 0.353. The van der Waals surface area contributed by atoms with E-state index < -0.39 is 0 Å². The van der Waals surface area contributed by atoms with Gasteiger partial charge >= 0.3 is 0 Å². The fourth-order valence-electron chi connectivity index (χ4n) is 3.34. The number of nitrogen functional groups attached to an aromatic ring is 1. The lowest BCUT2D eigenvalue weighted by molar-refractivity contribution is 0.736. The van der Waals surface area contributed by atoms with Crippen molar-refractivity contribution in [2.75, 3.05) is 17.2 Å². The number of rotatable bonds is 2. The van der Waals surface area contributed by atoms with Crippen molar-refractivity contribution < 1.29 is 0 Å². The smallest absolute Gasteiger partial charge is 0.162 e. The highest BCUT2D eigenvalue weighted by molar-refractivity contribution is 5.78. The highest BCUT2D eigenvalue weighted by Gasteiger charge is 2.28. The Morgan fingerprint density at radius 1 is 1.17 bits per heavy atom. The maximum absolute atomic E-state index is 5.76. The van der Waals surface area contributed by atoms with Gasteiger partial charge in [0.15, 0.2) is 5.65 Å². The molecule has 5 rings (SSSR count). The van der Waals surface area contributed by atoms with Crippen molar-refractivity contribution in [3.05, 3.63) is 36.3 Å². The van der Waals surface area contributed by atoms with Crippen LogP contribution < -0.4 is 10.6 Å². The van der Waals surface area contributed by atoms with E-state index in [1.807, 2.05) is 18.5 Å². The Hall–Kier alpha value is -2.63. The van der Waals surface area contributed by atoms with E-state index in [0.29, 0.717) is 11.7 Å². The molecule has 1 fully saturated rings. The van der Waals surface area contributed by atoms with Crippen LogP contribution in [0.15, 0.2) is 30.7 Å². The van der Waals surface area contributed by atoms with E-state index in [-0.39, 0.29) is 0 Å². The van der Waals surface area contributed by atoms with E-state index >= 15 is 0 Å². The van der Waals surface area contributed by atoms with Gasteiger partial charge in [-0.1, -0.05) is 0 Å². The lowest BCUT2D eigenvalue weighted by Crippen LogP contribution is -2.26. The number of nitrogens with zero attached hydrogens (tertiary/aromatic N) is 5. The van der Waals surface area contributed by atoms with Gasteiger partial charge in [-0.3, -0.25) is 0 Å². The molecule has 2 N–H and O–H groups in total. The third-order valence-electron chi connectivity index (χ3n) is 4.68. The lowest BCUT2D eigenvalue weighted by Gasteiger charge is -2.29. The first-order valence-electron chi connectivity index (χ1n) is 8.15. The summed E-state index contributed by atoms with van der Waals surface area (Å²) in [6.45, 7) is 0.931. The normalized spacial score (nSPS) is 17.5. The first-order chi connectivity index (χ1) is 11.3. The van der Waals surface area contributed by atoms with Crippen molar-refractivity contribution in [2.24, 2.45) is 0 Å². The van der Waals surface area contributed by atoms with Gasteiger partial charge in [-0.2, -0.15) is 0 Å². The molecule has 6 nitrogen and oxygen atoms in total. The Bertz CT molecular complexity index is 878. The number of aromatic nitrogens is 4. The van der Waals surface area contributed by atoms with Gasteiger partial charge < -0.3 is 15.2 Å². The van der Waals surface area contributed by atoms with Crippen molar-refractivity contribution in [3.8, 4) is 0 Å². The van der Waals surface area contributed by atoms with Crippen molar-refractivity contribution in [3.63, 3.8) is 0 Å². The van der Waals surface area contributed by atoms with E-state index in [2.05, 4.69) is 25.5 Å². The van der Waals surface area contributed by atoms with E-state index in [0.717, 1.165) is 42.2 Å². The Morgan fingerprint density at radius 3 is 2.87 bits per heavy atom. The molecule has 1 aliphatic heterocycles. The van der Waals surface area contributed by atoms with Crippen LogP contribution >= 0.6 is 0 Å². The zero-order chi connectivity index (χ0) is 15.4. The molecule has 0 aromatic carbocycles. The summed E-state index contributed by atoms with van der Waals surface area (Å²) in [5.41, 5.74) is 9.69. The van der Waals surface area contributed by atoms with Crippen LogP contribution in [0.5, 0.6) is 0 Å². The van der Waals surface area contributed by atoms with Crippen LogP contribution in [0.1, 0.15) is 30.9 Å². The largest absolute Gasteiger partial charge is 0.397 e. The monoisotopic (exact) mass is 306 g/mol. The van der Waals surface area contributed by atoms with Crippen LogP contribution in [-0.4, -0.2) is 26.1 Å². The van der Waals surface area contributed by atoms with Crippen LogP contribution in [0.3, 0.4) is 0 Å². The predicted molar refractivity (Wildman–Crippen MR) is 89.8 cm³/mol. The molecule has 3 aromatic rings. The Labute approximate surface area is 134 Å². The lowest BCUT2D eigenvalue weighted by atomic mass is 10.1. The molecule has 0 spiro atoms. The quantitative estimate of drug-likeness (QED) is 0.788. The third kappa shape index (κ3) is 2.05. The van der Waals surface area contributed by atoms with Crippen molar-refractivity contribution >= 4 is 28.5 Å². The topological polar surface area (TPSA) is 72.9 Å². The molecule has 0 unspecified atom stereocenters. The molecule has 116 valence electrons. The molecule has 1 saturated carbocycles. The maximum atomic E-state index is 5.76. The summed E-state index contributed by atoms with van der Waals surface area (Å²) in [5.74, 6) is 1.92. The number of hydrogen-bond donors (Lipinski definition) is 1. The second-order valence-electron chi connectivity index (χ2n) is 6.40. The molecule has 0 radical (unpaired) electrons. The summed E-state index contributed by atoms with van der Waals surface area (Å²) >= 11 is 0. The third-order valence-corrected chi connectivity index (χ3v) is 4.68. The second-order valence-corrected chi connectivity index (χ2v) is 6.40. The molecular formula is C17H18N6. The first kappa shape index (κ1) is 12.9. The summed E-state index contributed by atoms with van der Waals surface area (Å²) < 4.78 is 2.22. The summed E-state index contributed by atoms with van der Waals surface area (Å²) in [5, 5.41) is 0. The molecule has 0 bridgehead atoms. The summed E-state index contributed by atoms with van der Waals surface area (Å²) in [7, 11) is 0. The number of fused-ring (bicyclic) bond motifs is 2. The molecule has 0 saturated heterocycles. The molecule has 4 heterocycles. The van der Waals surface area contributed by atoms with Crippen LogP contribution in [0.4, 0.5) is 17.3 Å². The minimum atomic E-state index is 0.581.